The SMILES string of the molecule is Cc1cc(CN2CCN(C)C(C)C2)oc1C(=O)O. The number of carboxylic acids is 1. The smallest absolute Gasteiger partial charge is 0.372 e. The Bertz CT molecular complexity index is 441. The van der Waals surface area contributed by atoms with Gasteiger partial charge in [0.05, 0.1) is 6.54 Å². The summed E-state index contributed by atoms with van der Waals surface area (Å²) in [4.78, 5) is 15.5. The van der Waals surface area contributed by atoms with Gasteiger partial charge in [-0.15, -0.1) is 0 Å². The predicted molar refractivity (Wildman–Crippen MR) is 67.8 cm³/mol. The molecule has 5 heteroatoms. The second-order valence-electron chi connectivity index (χ2n) is 5.09. The van der Waals surface area contributed by atoms with Crippen LogP contribution in [0.15, 0.2) is 10.5 Å². The van der Waals surface area contributed by atoms with E-state index in [1.165, 1.54) is 0 Å². The summed E-state index contributed by atoms with van der Waals surface area (Å²) in [5.74, 6) is -0.195. The predicted octanol–water partition coefficient (Wildman–Crippen LogP) is 1.42. The van der Waals surface area contributed by atoms with Gasteiger partial charge in [0.15, 0.2) is 0 Å². The molecule has 0 radical (unpaired) electrons. The Balaban J connectivity index is 2.02. The molecule has 0 aliphatic carbocycles. The lowest BCUT2D eigenvalue weighted by atomic mass is 10.2. The molecule has 2 heterocycles. The number of carbonyl (C=O) groups is 1. The number of hydrogen-bond donors (Lipinski definition) is 1. The van der Waals surface area contributed by atoms with Crippen molar-refractivity contribution in [1.29, 1.82) is 0 Å². The molecule has 1 atom stereocenters. The molecule has 100 valence electrons. The van der Waals surface area contributed by atoms with Gasteiger partial charge in [0, 0.05) is 31.2 Å². The van der Waals surface area contributed by atoms with Crippen LogP contribution in [0.25, 0.3) is 0 Å². The number of aromatic carboxylic acids is 1. The summed E-state index contributed by atoms with van der Waals surface area (Å²) < 4.78 is 5.39. The Labute approximate surface area is 107 Å². The first-order valence-electron chi connectivity index (χ1n) is 6.22. The summed E-state index contributed by atoms with van der Waals surface area (Å²) in [5.41, 5.74) is 0.694. The highest BCUT2D eigenvalue weighted by Crippen LogP contribution is 2.18. The fourth-order valence-electron chi connectivity index (χ4n) is 2.33. The van der Waals surface area contributed by atoms with Gasteiger partial charge in [0.25, 0.3) is 0 Å². The highest BCUT2D eigenvalue weighted by Gasteiger charge is 2.22. The molecule has 18 heavy (non-hydrogen) atoms. The van der Waals surface area contributed by atoms with Crippen molar-refractivity contribution in [1.82, 2.24) is 9.80 Å². The monoisotopic (exact) mass is 252 g/mol. The second-order valence-corrected chi connectivity index (χ2v) is 5.09. The van der Waals surface area contributed by atoms with Crippen molar-refractivity contribution in [3.8, 4) is 0 Å². The third-order valence-electron chi connectivity index (χ3n) is 3.59. The minimum Gasteiger partial charge on any atom is -0.475 e. The first-order chi connectivity index (χ1) is 8.47. The van der Waals surface area contributed by atoms with Gasteiger partial charge in [-0.05, 0) is 27.0 Å². The van der Waals surface area contributed by atoms with E-state index in [2.05, 4.69) is 23.8 Å². The number of rotatable bonds is 3. The lowest BCUT2D eigenvalue weighted by Gasteiger charge is -2.37. The van der Waals surface area contributed by atoms with Crippen molar-refractivity contribution in [3.05, 3.63) is 23.2 Å². The van der Waals surface area contributed by atoms with Crippen LogP contribution >= 0.6 is 0 Å². The molecule has 0 spiro atoms. The molecule has 1 N–H and O–H groups in total. The number of aryl methyl sites for hydroxylation is 1. The van der Waals surface area contributed by atoms with E-state index in [1.807, 2.05) is 6.07 Å². The van der Waals surface area contributed by atoms with Crippen LogP contribution in [0.1, 0.15) is 28.8 Å². The van der Waals surface area contributed by atoms with Gasteiger partial charge in [0.1, 0.15) is 5.76 Å². The number of hydrogen-bond acceptors (Lipinski definition) is 4. The number of furan rings is 1. The average Bonchev–Trinajstić information content (AvgIpc) is 2.65. The van der Waals surface area contributed by atoms with Gasteiger partial charge < -0.3 is 14.4 Å². The summed E-state index contributed by atoms with van der Waals surface area (Å²) in [5, 5.41) is 8.95. The highest BCUT2D eigenvalue weighted by molar-refractivity contribution is 5.86. The second kappa shape index (κ2) is 5.12. The van der Waals surface area contributed by atoms with Crippen molar-refractivity contribution in [3.63, 3.8) is 0 Å². The van der Waals surface area contributed by atoms with Crippen LogP contribution in [-0.4, -0.2) is 53.6 Å². The van der Waals surface area contributed by atoms with Crippen LogP contribution in [0.4, 0.5) is 0 Å². The Kier molecular flexibility index (Phi) is 3.73. The lowest BCUT2D eigenvalue weighted by Crippen LogP contribution is -2.49. The van der Waals surface area contributed by atoms with Crippen LogP contribution in [0.3, 0.4) is 0 Å². The van der Waals surface area contributed by atoms with Gasteiger partial charge in [-0.3, -0.25) is 4.90 Å². The van der Waals surface area contributed by atoms with E-state index in [0.29, 0.717) is 18.2 Å². The van der Waals surface area contributed by atoms with Gasteiger partial charge in [-0.2, -0.15) is 0 Å². The van der Waals surface area contributed by atoms with Gasteiger partial charge in [-0.1, -0.05) is 0 Å². The Morgan fingerprint density at radius 3 is 2.83 bits per heavy atom. The van der Waals surface area contributed by atoms with Gasteiger partial charge in [-0.25, -0.2) is 4.79 Å². The molecule has 0 saturated carbocycles. The summed E-state index contributed by atoms with van der Waals surface area (Å²) in [7, 11) is 2.13. The van der Waals surface area contributed by atoms with E-state index in [0.717, 1.165) is 25.4 Å². The topological polar surface area (TPSA) is 56.9 Å². The number of piperazine rings is 1. The van der Waals surface area contributed by atoms with Crippen LogP contribution in [0.2, 0.25) is 0 Å². The number of nitrogens with zero attached hydrogens (tertiary/aromatic N) is 2. The average molecular weight is 252 g/mol. The molecule has 0 aromatic carbocycles. The summed E-state index contributed by atoms with van der Waals surface area (Å²) in [6, 6.07) is 2.35. The standard InChI is InChI=1S/C13H20N2O3/c1-9-6-11(18-12(9)13(16)17)8-15-5-4-14(3)10(2)7-15/h6,10H,4-5,7-8H2,1-3H3,(H,16,17). The summed E-state index contributed by atoms with van der Waals surface area (Å²) in [6.45, 7) is 7.66. The Morgan fingerprint density at radius 2 is 2.28 bits per heavy atom. The Hall–Kier alpha value is -1.33. The van der Waals surface area contributed by atoms with Crippen LogP contribution in [-0.2, 0) is 6.54 Å². The fourth-order valence-corrected chi connectivity index (χ4v) is 2.33. The molecule has 5 nitrogen and oxygen atoms in total. The Morgan fingerprint density at radius 1 is 1.56 bits per heavy atom. The molecule has 0 bridgehead atoms. The zero-order chi connectivity index (χ0) is 13.3. The molecule has 2 rings (SSSR count). The number of likely N-dealkylation sites (N-methyl/N-ethyl adjacent to an activating group) is 1. The van der Waals surface area contributed by atoms with Crippen molar-refractivity contribution in [2.45, 2.75) is 26.4 Å². The van der Waals surface area contributed by atoms with Crippen molar-refractivity contribution in [2.75, 3.05) is 26.7 Å². The summed E-state index contributed by atoms with van der Waals surface area (Å²) in [6.07, 6.45) is 0. The lowest BCUT2D eigenvalue weighted by molar-refractivity contribution is 0.0650. The van der Waals surface area contributed by atoms with E-state index in [9.17, 15) is 4.79 Å². The summed E-state index contributed by atoms with van der Waals surface area (Å²) >= 11 is 0. The highest BCUT2D eigenvalue weighted by atomic mass is 16.4. The molecule has 1 unspecified atom stereocenters. The third kappa shape index (κ3) is 2.73. The third-order valence-corrected chi connectivity index (χ3v) is 3.59. The molecule has 1 aromatic rings. The van der Waals surface area contributed by atoms with Crippen LogP contribution in [0.5, 0.6) is 0 Å². The molecule has 1 fully saturated rings. The first-order valence-corrected chi connectivity index (χ1v) is 6.22. The fraction of sp³-hybridized carbons (Fsp3) is 0.615. The molecule has 1 aliphatic heterocycles. The molecular weight excluding hydrogens is 232 g/mol. The van der Waals surface area contributed by atoms with E-state index >= 15 is 0 Å². The van der Waals surface area contributed by atoms with Crippen LogP contribution in [0, 0.1) is 6.92 Å². The number of carboxylic acid groups (broad SMARTS) is 1. The minimum atomic E-state index is -0.995. The van der Waals surface area contributed by atoms with Gasteiger partial charge in [0.2, 0.25) is 5.76 Å². The molecular formula is C13H20N2O3. The molecule has 1 aromatic heterocycles. The van der Waals surface area contributed by atoms with Crippen molar-refractivity contribution >= 4 is 5.97 Å². The maximum absolute atomic E-state index is 10.9. The van der Waals surface area contributed by atoms with E-state index < -0.39 is 5.97 Å². The quantitative estimate of drug-likeness (QED) is 0.881. The minimum absolute atomic E-state index is 0.0622. The molecule has 1 saturated heterocycles. The van der Waals surface area contributed by atoms with E-state index in [4.69, 9.17) is 9.52 Å². The van der Waals surface area contributed by atoms with E-state index in [1.54, 1.807) is 6.92 Å². The van der Waals surface area contributed by atoms with Crippen molar-refractivity contribution in [2.24, 2.45) is 0 Å². The van der Waals surface area contributed by atoms with Gasteiger partial charge >= 0.3 is 5.97 Å². The molecule has 0 amide bonds. The van der Waals surface area contributed by atoms with E-state index in [-0.39, 0.29) is 5.76 Å². The maximum atomic E-state index is 10.9. The normalized spacial score (nSPS) is 22.3. The van der Waals surface area contributed by atoms with Crippen LogP contribution < -0.4 is 0 Å². The first kappa shape index (κ1) is 13.1. The van der Waals surface area contributed by atoms with Crippen molar-refractivity contribution < 1.29 is 14.3 Å². The molecule has 1 aliphatic rings. The maximum Gasteiger partial charge on any atom is 0.372 e. The zero-order valence-electron chi connectivity index (χ0n) is 11.1. The zero-order valence-corrected chi connectivity index (χ0v) is 11.1. The largest absolute Gasteiger partial charge is 0.475 e.